The maximum absolute atomic E-state index is 11.8. The third-order valence-corrected chi connectivity index (χ3v) is 4.20. The molecule has 1 aliphatic heterocycles. The Balaban J connectivity index is 2.65. The van der Waals surface area contributed by atoms with Crippen molar-refractivity contribution in [3.8, 4) is 0 Å². The van der Waals surface area contributed by atoms with E-state index >= 15 is 0 Å². The standard InChI is InChI=1S/C9H18N2O4S/c1-2-5-8(9(12)13)10-16(14,15)11-6-3-4-7-11/h8,10H,2-7H2,1H3,(H,12,13)/t8-/m0/s1. The molecule has 0 saturated carbocycles. The number of carbonyl (C=O) groups is 1. The summed E-state index contributed by atoms with van der Waals surface area (Å²) in [6.45, 7) is 2.78. The second-order valence-corrected chi connectivity index (χ2v) is 5.61. The molecule has 0 amide bonds. The van der Waals surface area contributed by atoms with Crippen LogP contribution in [0.2, 0.25) is 0 Å². The van der Waals surface area contributed by atoms with Gasteiger partial charge in [0.2, 0.25) is 0 Å². The van der Waals surface area contributed by atoms with Gasteiger partial charge in [-0.2, -0.15) is 17.4 Å². The zero-order valence-corrected chi connectivity index (χ0v) is 10.2. The Morgan fingerprint density at radius 2 is 2.00 bits per heavy atom. The van der Waals surface area contributed by atoms with Crippen molar-refractivity contribution < 1.29 is 18.3 Å². The average Bonchev–Trinajstić information content (AvgIpc) is 2.69. The van der Waals surface area contributed by atoms with Gasteiger partial charge in [-0.3, -0.25) is 4.79 Å². The summed E-state index contributed by atoms with van der Waals surface area (Å²) in [6, 6.07) is -1.02. The third-order valence-electron chi connectivity index (χ3n) is 2.57. The van der Waals surface area contributed by atoms with E-state index in [1.807, 2.05) is 6.92 Å². The van der Waals surface area contributed by atoms with Crippen molar-refractivity contribution in [1.29, 1.82) is 0 Å². The van der Waals surface area contributed by atoms with Crippen molar-refractivity contribution in [2.24, 2.45) is 0 Å². The maximum atomic E-state index is 11.8. The maximum Gasteiger partial charge on any atom is 0.321 e. The first-order valence-corrected chi connectivity index (χ1v) is 6.91. The second kappa shape index (κ2) is 5.60. The first-order valence-electron chi connectivity index (χ1n) is 5.47. The van der Waals surface area contributed by atoms with Crippen molar-refractivity contribution >= 4 is 16.2 Å². The number of carboxylic acid groups (broad SMARTS) is 1. The Morgan fingerprint density at radius 3 is 2.44 bits per heavy atom. The topological polar surface area (TPSA) is 86.7 Å². The van der Waals surface area contributed by atoms with E-state index in [9.17, 15) is 13.2 Å². The SMILES string of the molecule is CCC[C@H](NS(=O)(=O)N1CCCC1)C(=O)O. The molecule has 94 valence electrons. The van der Waals surface area contributed by atoms with E-state index in [0.717, 1.165) is 12.8 Å². The Bertz CT molecular complexity index is 335. The monoisotopic (exact) mass is 250 g/mol. The van der Waals surface area contributed by atoms with E-state index in [4.69, 9.17) is 5.11 Å². The highest BCUT2D eigenvalue weighted by molar-refractivity contribution is 7.87. The van der Waals surface area contributed by atoms with Crippen LogP contribution in [0.5, 0.6) is 0 Å². The number of carboxylic acids is 1. The minimum absolute atomic E-state index is 0.308. The highest BCUT2D eigenvalue weighted by Gasteiger charge is 2.29. The largest absolute Gasteiger partial charge is 0.480 e. The van der Waals surface area contributed by atoms with Gasteiger partial charge in [-0.05, 0) is 19.3 Å². The van der Waals surface area contributed by atoms with Crippen LogP contribution in [0.4, 0.5) is 0 Å². The molecule has 0 aromatic carbocycles. The van der Waals surface area contributed by atoms with Crippen molar-refractivity contribution in [2.75, 3.05) is 13.1 Å². The molecule has 1 atom stereocenters. The summed E-state index contributed by atoms with van der Waals surface area (Å²) in [7, 11) is -3.62. The van der Waals surface area contributed by atoms with Gasteiger partial charge in [0.05, 0.1) is 0 Å². The van der Waals surface area contributed by atoms with Gasteiger partial charge in [0, 0.05) is 13.1 Å². The lowest BCUT2D eigenvalue weighted by Gasteiger charge is -2.19. The van der Waals surface area contributed by atoms with Gasteiger partial charge in [-0.25, -0.2) is 0 Å². The van der Waals surface area contributed by atoms with Crippen LogP contribution in [0.1, 0.15) is 32.6 Å². The molecule has 0 aromatic rings. The van der Waals surface area contributed by atoms with E-state index in [0.29, 0.717) is 25.9 Å². The van der Waals surface area contributed by atoms with Crippen molar-refractivity contribution in [2.45, 2.75) is 38.6 Å². The van der Waals surface area contributed by atoms with E-state index in [-0.39, 0.29) is 0 Å². The van der Waals surface area contributed by atoms with E-state index in [1.165, 1.54) is 4.31 Å². The average molecular weight is 250 g/mol. The molecular weight excluding hydrogens is 232 g/mol. The van der Waals surface area contributed by atoms with Crippen LogP contribution < -0.4 is 4.72 Å². The third kappa shape index (κ3) is 3.43. The zero-order valence-electron chi connectivity index (χ0n) is 9.35. The van der Waals surface area contributed by atoms with Crippen LogP contribution in [-0.2, 0) is 15.0 Å². The van der Waals surface area contributed by atoms with Gasteiger partial charge in [0.15, 0.2) is 0 Å². The number of nitrogens with zero attached hydrogens (tertiary/aromatic N) is 1. The van der Waals surface area contributed by atoms with E-state index in [2.05, 4.69) is 4.72 Å². The van der Waals surface area contributed by atoms with Gasteiger partial charge in [0.1, 0.15) is 6.04 Å². The molecule has 1 fully saturated rings. The lowest BCUT2D eigenvalue weighted by molar-refractivity contribution is -0.139. The number of aliphatic carboxylic acids is 1. The van der Waals surface area contributed by atoms with Gasteiger partial charge in [0.25, 0.3) is 10.2 Å². The molecule has 0 aliphatic carbocycles. The Hall–Kier alpha value is -0.660. The highest BCUT2D eigenvalue weighted by Crippen LogP contribution is 2.12. The van der Waals surface area contributed by atoms with Crippen LogP contribution >= 0.6 is 0 Å². The van der Waals surface area contributed by atoms with Gasteiger partial charge < -0.3 is 5.11 Å². The zero-order chi connectivity index (χ0) is 12.2. The summed E-state index contributed by atoms with van der Waals surface area (Å²) in [5.41, 5.74) is 0. The minimum Gasteiger partial charge on any atom is -0.480 e. The summed E-state index contributed by atoms with van der Waals surface area (Å²) in [5, 5.41) is 8.87. The second-order valence-electron chi connectivity index (χ2n) is 3.91. The van der Waals surface area contributed by atoms with Crippen LogP contribution in [0, 0.1) is 0 Å². The first kappa shape index (κ1) is 13.4. The van der Waals surface area contributed by atoms with Crippen LogP contribution in [0.3, 0.4) is 0 Å². The molecular formula is C9H18N2O4S. The molecule has 0 bridgehead atoms. The molecule has 1 saturated heterocycles. The Kier molecular flexibility index (Phi) is 4.69. The lowest BCUT2D eigenvalue weighted by atomic mass is 10.2. The molecule has 1 rings (SSSR count). The van der Waals surface area contributed by atoms with Gasteiger partial charge in [-0.1, -0.05) is 13.3 Å². The fourth-order valence-electron chi connectivity index (χ4n) is 1.70. The minimum atomic E-state index is -3.62. The van der Waals surface area contributed by atoms with E-state index < -0.39 is 22.2 Å². The predicted octanol–water partition coefficient (Wildman–Crippen LogP) is 0.170. The lowest BCUT2D eigenvalue weighted by Crippen LogP contribution is -2.47. The molecule has 1 aliphatic rings. The number of hydrogen-bond acceptors (Lipinski definition) is 3. The molecule has 6 nitrogen and oxygen atoms in total. The Morgan fingerprint density at radius 1 is 1.44 bits per heavy atom. The normalized spacial score (nSPS) is 19.8. The first-order chi connectivity index (χ1) is 7.47. The fraction of sp³-hybridized carbons (Fsp3) is 0.889. The number of hydrogen-bond donors (Lipinski definition) is 2. The van der Waals surface area contributed by atoms with Crippen molar-refractivity contribution in [3.63, 3.8) is 0 Å². The number of rotatable bonds is 6. The van der Waals surface area contributed by atoms with Crippen molar-refractivity contribution in [1.82, 2.24) is 9.03 Å². The highest BCUT2D eigenvalue weighted by atomic mass is 32.2. The summed E-state index contributed by atoms with van der Waals surface area (Å²) >= 11 is 0. The molecule has 0 spiro atoms. The summed E-state index contributed by atoms with van der Waals surface area (Å²) in [5.74, 6) is -1.12. The van der Waals surface area contributed by atoms with Crippen molar-refractivity contribution in [3.05, 3.63) is 0 Å². The molecule has 1 heterocycles. The van der Waals surface area contributed by atoms with Crippen LogP contribution in [0.25, 0.3) is 0 Å². The fourth-order valence-corrected chi connectivity index (χ4v) is 3.17. The molecule has 0 aromatic heterocycles. The van der Waals surface area contributed by atoms with Gasteiger partial charge in [-0.15, -0.1) is 0 Å². The summed E-state index contributed by atoms with van der Waals surface area (Å²) in [4.78, 5) is 10.8. The van der Waals surface area contributed by atoms with Crippen LogP contribution in [-0.4, -0.2) is 42.9 Å². The molecule has 0 unspecified atom stereocenters. The molecule has 7 heteroatoms. The van der Waals surface area contributed by atoms with E-state index in [1.54, 1.807) is 0 Å². The number of nitrogens with one attached hydrogen (secondary N) is 1. The Labute approximate surface area is 95.8 Å². The summed E-state index contributed by atoms with van der Waals surface area (Å²) in [6.07, 6.45) is 2.61. The predicted molar refractivity (Wildman–Crippen MR) is 59.2 cm³/mol. The molecule has 0 radical (unpaired) electrons. The molecule has 16 heavy (non-hydrogen) atoms. The molecule has 2 N–H and O–H groups in total. The van der Waals surface area contributed by atoms with Gasteiger partial charge >= 0.3 is 5.97 Å². The quantitative estimate of drug-likeness (QED) is 0.703. The summed E-state index contributed by atoms with van der Waals surface area (Å²) < 4.78 is 27.1. The smallest absolute Gasteiger partial charge is 0.321 e. The van der Waals surface area contributed by atoms with Crippen LogP contribution in [0.15, 0.2) is 0 Å².